The van der Waals surface area contributed by atoms with Gasteiger partial charge in [0.05, 0.1) is 0 Å². The van der Waals surface area contributed by atoms with Crippen molar-refractivity contribution in [2.45, 2.75) is 19.9 Å². The van der Waals surface area contributed by atoms with Crippen molar-refractivity contribution >= 4 is 33.7 Å². The van der Waals surface area contributed by atoms with E-state index in [-0.39, 0.29) is 18.4 Å². The van der Waals surface area contributed by atoms with Crippen LogP contribution >= 0.6 is 15.9 Å². The van der Waals surface area contributed by atoms with E-state index in [4.69, 9.17) is 0 Å². The molecule has 0 aliphatic heterocycles. The third-order valence-electron chi connectivity index (χ3n) is 3.64. The van der Waals surface area contributed by atoms with Crippen molar-refractivity contribution in [2.75, 3.05) is 40.8 Å². The number of nitrogens with one attached hydrogen (secondary N) is 2. The molecule has 1 rings (SSSR count). The minimum Gasteiger partial charge on any atom is -0.357 e. The number of rotatable bonds is 8. The normalized spacial score (nSPS) is 11.0. The highest BCUT2D eigenvalue weighted by Gasteiger charge is 2.11. The molecule has 1 aromatic carbocycles. The Kier molecular flexibility index (Phi) is 9.72. The molecular weight excluding hydrogens is 398 g/mol. The number of carbonyl (C=O) groups excluding carboxylic acids is 2. The Balaban J connectivity index is 2.47. The van der Waals surface area contributed by atoms with Gasteiger partial charge in [0.2, 0.25) is 11.8 Å². The Hall–Kier alpha value is -2.09. The van der Waals surface area contributed by atoms with Crippen LogP contribution in [0, 0.1) is 0 Å². The predicted molar refractivity (Wildman–Crippen MR) is 108 cm³/mol. The van der Waals surface area contributed by atoms with Gasteiger partial charge < -0.3 is 20.4 Å². The van der Waals surface area contributed by atoms with Crippen molar-refractivity contribution in [3.05, 3.63) is 34.3 Å². The Bertz CT molecular complexity index is 634. The van der Waals surface area contributed by atoms with Crippen molar-refractivity contribution in [3.8, 4) is 0 Å². The number of likely N-dealkylation sites (N-methyl/N-ethyl adjacent to an activating group) is 1. The summed E-state index contributed by atoms with van der Waals surface area (Å²) in [6.07, 6.45) is 0.340. The molecule has 0 heterocycles. The number of hydrogen-bond acceptors (Lipinski definition) is 3. The van der Waals surface area contributed by atoms with Crippen molar-refractivity contribution in [1.29, 1.82) is 0 Å². The monoisotopic (exact) mass is 425 g/mol. The maximum absolute atomic E-state index is 12.3. The van der Waals surface area contributed by atoms with E-state index < -0.39 is 0 Å². The zero-order chi connectivity index (χ0) is 19.5. The second-order valence-electron chi connectivity index (χ2n) is 6.00. The summed E-state index contributed by atoms with van der Waals surface area (Å²) in [5.41, 5.74) is 1.06. The third-order valence-corrected chi connectivity index (χ3v) is 4.41. The van der Waals surface area contributed by atoms with Crippen LogP contribution in [-0.4, -0.2) is 68.4 Å². The summed E-state index contributed by atoms with van der Waals surface area (Å²) in [5, 5.41) is 6.15. The highest BCUT2D eigenvalue weighted by molar-refractivity contribution is 9.10. The van der Waals surface area contributed by atoms with E-state index in [0.717, 1.165) is 10.0 Å². The Morgan fingerprint density at radius 3 is 2.42 bits per heavy atom. The van der Waals surface area contributed by atoms with Gasteiger partial charge in [-0.2, -0.15) is 0 Å². The summed E-state index contributed by atoms with van der Waals surface area (Å²) < 4.78 is 0.991. The smallest absolute Gasteiger partial charge is 0.243 e. The van der Waals surface area contributed by atoms with E-state index in [1.54, 1.807) is 26.0 Å². The molecule has 0 aliphatic carbocycles. The topological polar surface area (TPSA) is 77.0 Å². The zero-order valence-corrected chi connectivity index (χ0v) is 17.5. The van der Waals surface area contributed by atoms with Crippen LogP contribution in [0.3, 0.4) is 0 Å². The molecule has 0 fully saturated rings. The van der Waals surface area contributed by atoms with Crippen molar-refractivity contribution in [1.82, 2.24) is 20.4 Å². The fraction of sp³-hybridized carbons (Fsp3) is 0.500. The molecule has 0 radical (unpaired) electrons. The first-order chi connectivity index (χ1) is 12.3. The first-order valence-electron chi connectivity index (χ1n) is 8.54. The second kappa shape index (κ2) is 11.5. The van der Waals surface area contributed by atoms with Gasteiger partial charge in [-0.15, -0.1) is 0 Å². The van der Waals surface area contributed by atoms with Crippen LogP contribution in [-0.2, 0) is 16.1 Å². The zero-order valence-electron chi connectivity index (χ0n) is 15.9. The van der Waals surface area contributed by atoms with Crippen molar-refractivity contribution in [3.63, 3.8) is 0 Å². The van der Waals surface area contributed by atoms with E-state index in [1.165, 1.54) is 4.90 Å². The minimum atomic E-state index is -0.0774. The number of nitrogens with zero attached hydrogens (tertiary/aromatic N) is 3. The van der Waals surface area contributed by atoms with E-state index in [2.05, 4.69) is 31.6 Å². The van der Waals surface area contributed by atoms with Crippen molar-refractivity contribution < 1.29 is 9.59 Å². The van der Waals surface area contributed by atoms with Gasteiger partial charge >= 0.3 is 0 Å². The molecule has 0 aromatic heterocycles. The maximum Gasteiger partial charge on any atom is 0.243 e. The van der Waals surface area contributed by atoms with Gasteiger partial charge in [0.15, 0.2) is 5.96 Å². The first kappa shape index (κ1) is 22.0. The van der Waals surface area contributed by atoms with Crippen molar-refractivity contribution in [2.24, 2.45) is 4.99 Å². The summed E-state index contributed by atoms with van der Waals surface area (Å²) in [6, 6.07) is 7.85. The van der Waals surface area contributed by atoms with Crippen LogP contribution in [0.4, 0.5) is 0 Å². The van der Waals surface area contributed by atoms with E-state index >= 15 is 0 Å². The first-order valence-corrected chi connectivity index (χ1v) is 9.34. The van der Waals surface area contributed by atoms with Gasteiger partial charge in [0, 0.05) is 51.7 Å². The summed E-state index contributed by atoms with van der Waals surface area (Å²) in [7, 11) is 5.17. The molecule has 144 valence electrons. The standard InChI is InChI=1S/C18H28BrN5O2/c1-5-20-18(22-12-17(26)23(2)3)21-11-10-16(25)24(4)13-14-8-6-7-9-15(14)19/h6-9H,5,10-13H2,1-4H3,(H2,20,21,22). The number of amides is 2. The number of halogens is 1. The van der Waals surface area contributed by atoms with E-state index in [0.29, 0.717) is 32.0 Å². The quantitative estimate of drug-likeness (QED) is 0.487. The van der Waals surface area contributed by atoms with Gasteiger partial charge in [0.1, 0.15) is 6.54 Å². The lowest BCUT2D eigenvalue weighted by atomic mass is 10.2. The second-order valence-corrected chi connectivity index (χ2v) is 6.86. The average Bonchev–Trinajstić information content (AvgIpc) is 2.60. The Morgan fingerprint density at radius 1 is 1.12 bits per heavy atom. The molecule has 0 atom stereocenters. The molecule has 1 aromatic rings. The molecule has 26 heavy (non-hydrogen) atoms. The third kappa shape index (κ3) is 7.86. The van der Waals surface area contributed by atoms with Gasteiger partial charge in [-0.3, -0.25) is 9.59 Å². The van der Waals surface area contributed by atoms with Crippen LogP contribution in [0.15, 0.2) is 33.7 Å². The lowest BCUT2D eigenvalue weighted by Crippen LogP contribution is -2.40. The van der Waals surface area contributed by atoms with Crippen LogP contribution in [0.1, 0.15) is 18.9 Å². The van der Waals surface area contributed by atoms with Gasteiger partial charge in [-0.25, -0.2) is 4.99 Å². The number of carbonyl (C=O) groups is 2. The highest BCUT2D eigenvalue weighted by atomic mass is 79.9. The summed E-state index contributed by atoms with van der Waals surface area (Å²) in [4.78, 5) is 31.3. The molecule has 0 spiro atoms. The lowest BCUT2D eigenvalue weighted by Gasteiger charge is -2.19. The number of benzene rings is 1. The van der Waals surface area contributed by atoms with Crippen LogP contribution < -0.4 is 10.6 Å². The summed E-state index contributed by atoms with van der Waals surface area (Å²) in [5.74, 6) is 0.490. The van der Waals surface area contributed by atoms with Gasteiger partial charge in [0.25, 0.3) is 0 Å². The molecule has 0 bridgehead atoms. The van der Waals surface area contributed by atoms with Gasteiger partial charge in [-0.1, -0.05) is 34.1 Å². The Labute approximate surface area is 164 Å². The molecule has 0 saturated heterocycles. The van der Waals surface area contributed by atoms with E-state index in [9.17, 15) is 9.59 Å². The maximum atomic E-state index is 12.3. The largest absolute Gasteiger partial charge is 0.357 e. The van der Waals surface area contributed by atoms with Gasteiger partial charge in [-0.05, 0) is 18.6 Å². The molecule has 2 amide bonds. The molecule has 0 aliphatic rings. The molecular formula is C18H28BrN5O2. The fourth-order valence-corrected chi connectivity index (χ4v) is 2.49. The highest BCUT2D eigenvalue weighted by Crippen LogP contribution is 2.17. The molecule has 8 heteroatoms. The number of guanidine groups is 1. The number of hydrogen-bond donors (Lipinski definition) is 2. The number of aliphatic imine (C=N–C) groups is 1. The average molecular weight is 426 g/mol. The SMILES string of the molecule is CCNC(=NCC(=O)N(C)C)NCCC(=O)N(C)Cc1ccccc1Br. The van der Waals surface area contributed by atoms with E-state index in [1.807, 2.05) is 31.2 Å². The lowest BCUT2D eigenvalue weighted by molar-refractivity contribution is -0.130. The fourth-order valence-electron chi connectivity index (χ4n) is 2.08. The molecule has 7 nitrogen and oxygen atoms in total. The molecule has 2 N–H and O–H groups in total. The summed E-state index contributed by atoms with van der Waals surface area (Å²) in [6.45, 7) is 3.69. The predicted octanol–water partition coefficient (Wildman–Crippen LogP) is 1.44. The Morgan fingerprint density at radius 2 is 1.81 bits per heavy atom. The minimum absolute atomic E-state index is 0.0356. The van der Waals surface area contributed by atoms with Crippen LogP contribution in [0.5, 0.6) is 0 Å². The summed E-state index contributed by atoms with van der Waals surface area (Å²) >= 11 is 3.50. The van der Waals surface area contributed by atoms with Crippen LogP contribution in [0.25, 0.3) is 0 Å². The van der Waals surface area contributed by atoms with Crippen LogP contribution in [0.2, 0.25) is 0 Å². The molecule has 0 unspecified atom stereocenters. The molecule has 0 saturated carbocycles.